The summed E-state index contributed by atoms with van der Waals surface area (Å²) in [5.41, 5.74) is 0.0120. The zero-order valence-corrected chi connectivity index (χ0v) is 8.75. The van der Waals surface area contributed by atoms with Gasteiger partial charge in [-0.05, 0) is 5.39 Å². The van der Waals surface area contributed by atoms with E-state index in [4.69, 9.17) is 0 Å². The lowest BCUT2D eigenvalue weighted by molar-refractivity contribution is 0.100. The molecule has 0 saturated heterocycles. The summed E-state index contributed by atoms with van der Waals surface area (Å²) in [5.74, 6) is -1.04. The van der Waals surface area contributed by atoms with Crippen molar-refractivity contribution in [1.29, 1.82) is 0 Å². The monoisotopic (exact) mass is 231 g/mol. The lowest BCUT2D eigenvalue weighted by Crippen LogP contribution is -2.04. The summed E-state index contributed by atoms with van der Waals surface area (Å²) in [6, 6.07) is 7.67. The maximum Gasteiger partial charge on any atom is 0.192 e. The largest absolute Gasteiger partial charge is 0.507 e. The SMILES string of the molecule is O=NCC(=O)c1c(O)cc(O)c2ccccc12. The molecule has 2 rings (SSSR count). The molecule has 0 radical (unpaired) electrons. The summed E-state index contributed by atoms with van der Waals surface area (Å²) in [6.07, 6.45) is 0. The molecule has 0 aliphatic carbocycles. The maximum atomic E-state index is 11.7. The van der Waals surface area contributed by atoms with E-state index in [0.717, 1.165) is 6.07 Å². The third kappa shape index (κ3) is 1.82. The predicted octanol–water partition coefficient (Wildman–Crippen LogP) is 2.20. The Kier molecular flexibility index (Phi) is 2.74. The van der Waals surface area contributed by atoms with E-state index in [1.807, 2.05) is 0 Å². The Hall–Kier alpha value is -2.43. The number of nitroso groups, excluding NO2 is 1. The van der Waals surface area contributed by atoms with Crippen molar-refractivity contribution in [2.75, 3.05) is 6.54 Å². The molecule has 0 bridgehead atoms. The number of hydrogen-bond donors (Lipinski definition) is 2. The van der Waals surface area contributed by atoms with Gasteiger partial charge in [-0.1, -0.05) is 29.4 Å². The van der Waals surface area contributed by atoms with E-state index >= 15 is 0 Å². The van der Waals surface area contributed by atoms with Crippen molar-refractivity contribution < 1.29 is 15.0 Å². The predicted molar refractivity (Wildman–Crippen MR) is 62.3 cm³/mol. The van der Waals surface area contributed by atoms with E-state index in [1.165, 1.54) is 0 Å². The molecule has 0 aliphatic rings. The number of nitrogens with zero attached hydrogens (tertiary/aromatic N) is 1. The number of fused-ring (bicyclic) bond motifs is 1. The first-order valence-electron chi connectivity index (χ1n) is 4.91. The van der Waals surface area contributed by atoms with E-state index in [1.54, 1.807) is 24.3 Å². The summed E-state index contributed by atoms with van der Waals surface area (Å²) in [7, 11) is 0. The summed E-state index contributed by atoms with van der Waals surface area (Å²) in [5, 5.41) is 22.6. The molecule has 5 nitrogen and oxygen atoms in total. The second-order valence-corrected chi connectivity index (χ2v) is 3.55. The van der Waals surface area contributed by atoms with Crippen LogP contribution in [0.1, 0.15) is 10.4 Å². The quantitative estimate of drug-likeness (QED) is 0.626. The summed E-state index contributed by atoms with van der Waals surface area (Å²) >= 11 is 0. The summed E-state index contributed by atoms with van der Waals surface area (Å²) in [4.78, 5) is 21.8. The van der Waals surface area contributed by atoms with Crippen LogP contribution >= 0.6 is 0 Å². The zero-order chi connectivity index (χ0) is 12.4. The number of phenols is 2. The third-order valence-corrected chi connectivity index (χ3v) is 2.49. The van der Waals surface area contributed by atoms with Gasteiger partial charge in [0.15, 0.2) is 5.78 Å². The van der Waals surface area contributed by atoms with Crippen molar-refractivity contribution in [2.24, 2.45) is 5.18 Å². The summed E-state index contributed by atoms with van der Waals surface area (Å²) in [6.45, 7) is -0.539. The second-order valence-electron chi connectivity index (χ2n) is 3.55. The Morgan fingerprint density at radius 3 is 2.41 bits per heavy atom. The van der Waals surface area contributed by atoms with Crippen molar-refractivity contribution in [3.63, 3.8) is 0 Å². The highest BCUT2D eigenvalue weighted by atomic mass is 16.3. The van der Waals surface area contributed by atoms with Crippen LogP contribution < -0.4 is 0 Å². The minimum Gasteiger partial charge on any atom is -0.507 e. The molecular formula is C12H9NO4. The van der Waals surface area contributed by atoms with Crippen molar-refractivity contribution in [2.45, 2.75) is 0 Å². The van der Waals surface area contributed by atoms with E-state index in [-0.39, 0.29) is 17.1 Å². The van der Waals surface area contributed by atoms with E-state index in [0.29, 0.717) is 10.8 Å². The van der Waals surface area contributed by atoms with Crippen LogP contribution in [0.2, 0.25) is 0 Å². The van der Waals surface area contributed by atoms with Crippen molar-refractivity contribution >= 4 is 16.6 Å². The molecule has 0 unspecified atom stereocenters. The topological polar surface area (TPSA) is 87.0 Å². The van der Waals surface area contributed by atoms with E-state index < -0.39 is 12.3 Å². The van der Waals surface area contributed by atoms with Crippen LogP contribution in [-0.2, 0) is 0 Å². The number of Topliss-reactive ketones (excluding diaryl/α,β-unsaturated/α-hetero) is 1. The van der Waals surface area contributed by atoms with Crippen LogP contribution in [0.5, 0.6) is 11.5 Å². The van der Waals surface area contributed by atoms with Crippen molar-refractivity contribution in [3.8, 4) is 11.5 Å². The number of carbonyl (C=O) groups is 1. The van der Waals surface area contributed by atoms with Crippen LogP contribution in [-0.4, -0.2) is 22.5 Å². The Morgan fingerprint density at radius 2 is 1.76 bits per heavy atom. The number of rotatable bonds is 3. The number of carbonyl (C=O) groups excluding carboxylic acids is 1. The number of hydrogen-bond acceptors (Lipinski definition) is 5. The van der Waals surface area contributed by atoms with Gasteiger partial charge < -0.3 is 10.2 Å². The molecule has 2 aromatic carbocycles. The molecular weight excluding hydrogens is 222 g/mol. The molecule has 2 N–H and O–H groups in total. The molecule has 0 heterocycles. The first-order chi connectivity index (χ1) is 8.15. The molecule has 0 spiro atoms. The molecule has 0 saturated carbocycles. The average Bonchev–Trinajstić information content (AvgIpc) is 2.29. The van der Waals surface area contributed by atoms with Gasteiger partial charge in [-0.25, -0.2) is 0 Å². The molecule has 0 atom stereocenters. The second kappa shape index (κ2) is 4.21. The number of benzene rings is 2. The normalized spacial score (nSPS) is 10.4. The highest BCUT2D eigenvalue weighted by Crippen LogP contribution is 2.34. The fraction of sp³-hybridized carbons (Fsp3) is 0.0833. The Bertz CT molecular complexity index is 607. The molecule has 0 amide bonds. The standard InChI is InChI=1S/C12H9NO4/c14-9-5-10(15)12(11(16)6-13-17)8-4-2-1-3-7(8)9/h1-5,14-15H,6H2. The van der Waals surface area contributed by atoms with E-state index in [2.05, 4.69) is 5.18 Å². The van der Waals surface area contributed by atoms with Gasteiger partial charge in [-0.3, -0.25) is 4.79 Å². The fourth-order valence-electron chi connectivity index (χ4n) is 1.77. The minimum absolute atomic E-state index is 0.0120. The lowest BCUT2D eigenvalue weighted by atomic mass is 9.99. The molecule has 5 heteroatoms. The molecule has 0 aliphatic heterocycles. The molecule has 86 valence electrons. The Balaban J connectivity index is 2.77. The van der Waals surface area contributed by atoms with Gasteiger partial charge in [0, 0.05) is 11.5 Å². The summed E-state index contributed by atoms with van der Waals surface area (Å²) < 4.78 is 0. The van der Waals surface area contributed by atoms with Gasteiger partial charge in [0.1, 0.15) is 18.0 Å². The van der Waals surface area contributed by atoms with Crippen molar-refractivity contribution in [1.82, 2.24) is 0 Å². The number of phenolic OH excluding ortho intramolecular Hbond substituents is 2. The first kappa shape index (κ1) is 11.1. The van der Waals surface area contributed by atoms with Crippen molar-refractivity contribution in [3.05, 3.63) is 40.8 Å². The Labute approximate surface area is 96.3 Å². The van der Waals surface area contributed by atoms with Crippen LogP contribution in [0, 0.1) is 4.91 Å². The zero-order valence-electron chi connectivity index (χ0n) is 8.75. The van der Waals surface area contributed by atoms with Gasteiger partial charge in [-0.2, -0.15) is 4.91 Å². The van der Waals surface area contributed by atoms with Crippen LogP contribution in [0.25, 0.3) is 10.8 Å². The molecule has 0 aromatic heterocycles. The van der Waals surface area contributed by atoms with Crippen LogP contribution in [0.3, 0.4) is 0 Å². The lowest BCUT2D eigenvalue weighted by Gasteiger charge is -2.08. The fourth-order valence-corrected chi connectivity index (χ4v) is 1.77. The number of aromatic hydroxyl groups is 2. The molecule has 0 fully saturated rings. The van der Waals surface area contributed by atoms with Gasteiger partial charge in [0.2, 0.25) is 0 Å². The average molecular weight is 231 g/mol. The van der Waals surface area contributed by atoms with Gasteiger partial charge in [0.05, 0.1) is 5.56 Å². The van der Waals surface area contributed by atoms with Crippen LogP contribution in [0.15, 0.2) is 35.5 Å². The minimum atomic E-state index is -0.575. The molecule has 17 heavy (non-hydrogen) atoms. The van der Waals surface area contributed by atoms with Gasteiger partial charge in [0.25, 0.3) is 0 Å². The van der Waals surface area contributed by atoms with Crippen LogP contribution in [0.4, 0.5) is 0 Å². The highest BCUT2D eigenvalue weighted by Gasteiger charge is 2.17. The van der Waals surface area contributed by atoms with Gasteiger partial charge in [-0.15, -0.1) is 0 Å². The highest BCUT2D eigenvalue weighted by molar-refractivity contribution is 6.12. The van der Waals surface area contributed by atoms with E-state index in [9.17, 15) is 19.9 Å². The first-order valence-corrected chi connectivity index (χ1v) is 4.91. The Morgan fingerprint density at radius 1 is 1.12 bits per heavy atom. The molecule has 2 aromatic rings. The smallest absolute Gasteiger partial charge is 0.192 e. The number of ketones is 1. The maximum absolute atomic E-state index is 11.7. The third-order valence-electron chi connectivity index (χ3n) is 2.49. The van der Waals surface area contributed by atoms with Gasteiger partial charge >= 0.3 is 0 Å².